The minimum Gasteiger partial charge on any atom is -0.465 e. The molecule has 1 aromatic rings. The summed E-state index contributed by atoms with van der Waals surface area (Å²) >= 11 is 0. The van der Waals surface area contributed by atoms with Crippen molar-refractivity contribution in [3.05, 3.63) is 29.3 Å². The number of carbonyl (C=O) groups is 2. The standard InChI is InChI=1S/C19H28N2O5.C2H6/c1-19(2,3)26-18(24)21-9-5-8-20(10-11-21)15-6-7-16(17(23)25-4)14(12-15)13-22;1-2/h6-7,12,22H,5,8-11,13H2,1-4H3;1-2H3. The lowest BCUT2D eigenvalue weighted by Crippen LogP contribution is -2.39. The van der Waals surface area contributed by atoms with E-state index >= 15 is 0 Å². The number of esters is 1. The van der Waals surface area contributed by atoms with Crippen LogP contribution in [0.25, 0.3) is 0 Å². The van der Waals surface area contributed by atoms with E-state index in [0.29, 0.717) is 30.8 Å². The SMILES string of the molecule is CC.COC(=O)c1ccc(N2CCCN(C(=O)OC(C)(C)C)CC2)cc1CO. The first kappa shape index (κ1) is 23.8. The predicted molar refractivity (Wildman–Crippen MR) is 110 cm³/mol. The zero-order valence-corrected chi connectivity index (χ0v) is 17.9. The van der Waals surface area contributed by atoms with E-state index in [1.165, 1.54) is 7.11 Å². The number of anilines is 1. The molecule has 1 aliphatic heterocycles. The molecule has 158 valence electrons. The summed E-state index contributed by atoms with van der Waals surface area (Å²) < 4.78 is 10.2. The summed E-state index contributed by atoms with van der Waals surface area (Å²) in [5, 5.41) is 9.57. The number of methoxy groups -OCH3 is 1. The molecule has 1 aromatic carbocycles. The number of nitrogens with zero attached hydrogens (tertiary/aromatic N) is 2. The quantitative estimate of drug-likeness (QED) is 0.791. The predicted octanol–water partition coefficient (Wildman–Crippen LogP) is 3.44. The number of ether oxygens (including phenoxy) is 2. The van der Waals surface area contributed by atoms with Gasteiger partial charge in [-0.1, -0.05) is 13.8 Å². The topological polar surface area (TPSA) is 79.3 Å². The number of carbonyl (C=O) groups excluding carboxylic acids is 2. The molecule has 1 fully saturated rings. The average molecular weight is 395 g/mol. The molecule has 7 heteroatoms. The summed E-state index contributed by atoms with van der Waals surface area (Å²) in [6, 6.07) is 5.31. The Morgan fingerprint density at radius 3 is 2.36 bits per heavy atom. The normalized spacial score (nSPS) is 14.5. The van der Waals surface area contributed by atoms with E-state index in [4.69, 9.17) is 9.47 Å². The van der Waals surface area contributed by atoms with Crippen LogP contribution in [0.2, 0.25) is 0 Å². The number of aliphatic hydroxyl groups excluding tert-OH is 1. The maximum Gasteiger partial charge on any atom is 0.410 e. The molecule has 0 spiro atoms. The van der Waals surface area contributed by atoms with Crippen molar-refractivity contribution in [2.24, 2.45) is 0 Å². The van der Waals surface area contributed by atoms with E-state index in [2.05, 4.69) is 4.90 Å². The van der Waals surface area contributed by atoms with Gasteiger partial charge in [0.15, 0.2) is 0 Å². The Labute approximate surface area is 168 Å². The van der Waals surface area contributed by atoms with E-state index in [1.54, 1.807) is 17.0 Å². The highest BCUT2D eigenvalue weighted by molar-refractivity contribution is 5.91. The Bertz CT molecular complexity index is 655. The fraction of sp³-hybridized carbons (Fsp3) is 0.619. The molecule has 7 nitrogen and oxygen atoms in total. The van der Waals surface area contributed by atoms with Crippen molar-refractivity contribution in [1.82, 2.24) is 4.90 Å². The summed E-state index contributed by atoms with van der Waals surface area (Å²) in [5.74, 6) is -0.465. The smallest absolute Gasteiger partial charge is 0.410 e. The van der Waals surface area contributed by atoms with Crippen LogP contribution >= 0.6 is 0 Å². The van der Waals surface area contributed by atoms with Gasteiger partial charge in [-0.05, 0) is 51.0 Å². The first-order chi connectivity index (χ1) is 13.2. The molecular weight excluding hydrogens is 360 g/mol. The van der Waals surface area contributed by atoms with Crippen LogP contribution in [0.4, 0.5) is 10.5 Å². The van der Waals surface area contributed by atoms with Crippen LogP contribution in [0.1, 0.15) is 57.0 Å². The van der Waals surface area contributed by atoms with Crippen molar-refractivity contribution in [1.29, 1.82) is 0 Å². The summed E-state index contributed by atoms with van der Waals surface area (Å²) in [7, 11) is 1.32. The van der Waals surface area contributed by atoms with Crippen molar-refractivity contribution in [3.63, 3.8) is 0 Å². The highest BCUT2D eigenvalue weighted by Crippen LogP contribution is 2.22. The molecule has 1 amide bonds. The maximum atomic E-state index is 12.3. The van der Waals surface area contributed by atoms with Crippen LogP contribution in [-0.4, -0.2) is 61.0 Å². The van der Waals surface area contributed by atoms with Gasteiger partial charge in [0.2, 0.25) is 0 Å². The summed E-state index contributed by atoms with van der Waals surface area (Å²) in [4.78, 5) is 27.9. The second kappa shape index (κ2) is 10.9. The molecule has 0 bridgehead atoms. The number of hydrogen-bond donors (Lipinski definition) is 1. The lowest BCUT2D eigenvalue weighted by Gasteiger charge is -2.27. The van der Waals surface area contributed by atoms with Gasteiger partial charge in [-0.25, -0.2) is 9.59 Å². The van der Waals surface area contributed by atoms with Gasteiger partial charge >= 0.3 is 12.1 Å². The van der Waals surface area contributed by atoms with Crippen LogP contribution in [0.3, 0.4) is 0 Å². The first-order valence-corrected chi connectivity index (χ1v) is 9.80. The van der Waals surface area contributed by atoms with Crippen LogP contribution in [-0.2, 0) is 16.1 Å². The summed E-state index contributed by atoms with van der Waals surface area (Å²) in [6.07, 6.45) is 0.517. The third kappa shape index (κ3) is 6.71. The number of amides is 1. The lowest BCUT2D eigenvalue weighted by molar-refractivity contribution is 0.0263. The van der Waals surface area contributed by atoms with Gasteiger partial charge < -0.3 is 24.4 Å². The van der Waals surface area contributed by atoms with E-state index in [9.17, 15) is 14.7 Å². The molecule has 0 aliphatic carbocycles. The molecule has 1 heterocycles. The second-order valence-electron chi connectivity index (χ2n) is 7.30. The van der Waals surface area contributed by atoms with E-state index < -0.39 is 11.6 Å². The highest BCUT2D eigenvalue weighted by Gasteiger charge is 2.25. The van der Waals surface area contributed by atoms with Gasteiger partial charge in [0.1, 0.15) is 5.60 Å². The lowest BCUT2D eigenvalue weighted by atomic mass is 10.1. The molecule has 0 atom stereocenters. The summed E-state index contributed by atoms with van der Waals surface area (Å²) in [5.41, 5.74) is 1.29. The second-order valence-corrected chi connectivity index (χ2v) is 7.30. The minimum absolute atomic E-state index is 0.240. The first-order valence-electron chi connectivity index (χ1n) is 9.80. The van der Waals surface area contributed by atoms with Gasteiger partial charge in [-0.3, -0.25) is 0 Å². The summed E-state index contributed by atoms with van der Waals surface area (Å²) in [6.45, 7) is 12.0. The fourth-order valence-electron chi connectivity index (χ4n) is 2.90. The molecular formula is C21H34N2O5. The highest BCUT2D eigenvalue weighted by atomic mass is 16.6. The van der Waals surface area contributed by atoms with Gasteiger partial charge in [-0.2, -0.15) is 0 Å². The molecule has 0 saturated carbocycles. The van der Waals surface area contributed by atoms with Crippen LogP contribution in [0, 0.1) is 0 Å². The van der Waals surface area contributed by atoms with Crippen molar-refractivity contribution >= 4 is 17.7 Å². The fourth-order valence-corrected chi connectivity index (χ4v) is 2.90. The third-order valence-electron chi connectivity index (χ3n) is 4.18. The number of hydrogen-bond acceptors (Lipinski definition) is 6. The van der Waals surface area contributed by atoms with Crippen molar-refractivity contribution in [3.8, 4) is 0 Å². The molecule has 0 unspecified atom stereocenters. The molecule has 0 aromatic heterocycles. The Balaban J connectivity index is 0.00000190. The van der Waals surface area contributed by atoms with Crippen molar-refractivity contribution < 1.29 is 24.2 Å². The third-order valence-corrected chi connectivity index (χ3v) is 4.18. The van der Waals surface area contributed by atoms with Crippen LogP contribution in [0.15, 0.2) is 18.2 Å². The molecule has 28 heavy (non-hydrogen) atoms. The Hall–Kier alpha value is -2.28. The van der Waals surface area contributed by atoms with Gasteiger partial charge in [0.25, 0.3) is 0 Å². The Kier molecular flexibility index (Phi) is 9.25. The monoisotopic (exact) mass is 394 g/mol. The van der Waals surface area contributed by atoms with E-state index in [0.717, 1.165) is 18.7 Å². The minimum atomic E-state index is -0.511. The van der Waals surface area contributed by atoms with Crippen LogP contribution in [0.5, 0.6) is 0 Å². The number of benzene rings is 1. The van der Waals surface area contributed by atoms with Crippen LogP contribution < -0.4 is 4.90 Å². The Morgan fingerprint density at radius 1 is 1.11 bits per heavy atom. The molecule has 0 radical (unpaired) electrons. The number of rotatable bonds is 3. The van der Waals surface area contributed by atoms with Crippen molar-refractivity contribution in [2.75, 3.05) is 38.2 Å². The van der Waals surface area contributed by atoms with Gasteiger partial charge in [0.05, 0.1) is 19.3 Å². The van der Waals surface area contributed by atoms with Crippen molar-refractivity contribution in [2.45, 2.75) is 53.2 Å². The van der Waals surface area contributed by atoms with E-state index in [-0.39, 0.29) is 12.7 Å². The zero-order valence-electron chi connectivity index (χ0n) is 17.9. The van der Waals surface area contributed by atoms with Gasteiger partial charge in [-0.15, -0.1) is 0 Å². The maximum absolute atomic E-state index is 12.3. The molecule has 1 N–H and O–H groups in total. The number of aliphatic hydroxyl groups is 1. The average Bonchev–Trinajstić information content (AvgIpc) is 2.93. The largest absolute Gasteiger partial charge is 0.465 e. The molecule has 1 aliphatic rings. The molecule has 1 saturated heterocycles. The molecule has 2 rings (SSSR count). The Morgan fingerprint density at radius 2 is 1.79 bits per heavy atom. The van der Waals surface area contributed by atoms with Gasteiger partial charge in [0, 0.05) is 31.9 Å². The zero-order chi connectivity index (χ0) is 21.3. The van der Waals surface area contributed by atoms with E-state index in [1.807, 2.05) is 40.7 Å².